The van der Waals surface area contributed by atoms with Crippen molar-refractivity contribution in [1.29, 1.82) is 0 Å². The summed E-state index contributed by atoms with van der Waals surface area (Å²) in [4.78, 5) is 10.7. The second kappa shape index (κ2) is 6.49. The third-order valence-corrected chi connectivity index (χ3v) is 6.32. The Bertz CT molecular complexity index is 1120. The van der Waals surface area contributed by atoms with E-state index in [2.05, 4.69) is 30.2 Å². The number of aromatic nitrogens is 5. The minimum absolute atomic E-state index is 0.195. The van der Waals surface area contributed by atoms with Crippen molar-refractivity contribution in [3.63, 3.8) is 0 Å². The van der Waals surface area contributed by atoms with E-state index in [4.69, 9.17) is 20.2 Å². The molecule has 1 fully saturated rings. The number of rotatable bonds is 4. The summed E-state index contributed by atoms with van der Waals surface area (Å²) >= 11 is 1.65. The number of nitrogens with zero attached hydrogens (tertiary/aromatic N) is 5. The Morgan fingerprint density at radius 1 is 1.25 bits per heavy atom. The Balaban J connectivity index is 1.69. The zero-order valence-corrected chi connectivity index (χ0v) is 16.7. The lowest BCUT2D eigenvalue weighted by Gasteiger charge is -2.17. The lowest BCUT2D eigenvalue weighted by atomic mass is 9.98. The number of nitrogens with two attached hydrogens (primary N) is 1. The summed E-state index contributed by atoms with van der Waals surface area (Å²) in [6.45, 7) is 4.18. The smallest absolute Gasteiger partial charge is 0.258 e. The van der Waals surface area contributed by atoms with Crippen molar-refractivity contribution >= 4 is 22.4 Å². The average molecular weight is 395 g/mol. The van der Waals surface area contributed by atoms with Gasteiger partial charge in [-0.2, -0.15) is 10.1 Å². The van der Waals surface area contributed by atoms with Gasteiger partial charge >= 0.3 is 0 Å². The van der Waals surface area contributed by atoms with E-state index in [1.807, 2.05) is 28.4 Å². The minimum Gasteiger partial charge on any atom is -0.334 e. The summed E-state index contributed by atoms with van der Waals surface area (Å²) in [5.41, 5.74) is 8.59. The molecule has 1 aliphatic rings. The fourth-order valence-electron chi connectivity index (χ4n) is 3.89. The first-order valence-electron chi connectivity index (χ1n) is 9.61. The van der Waals surface area contributed by atoms with Crippen LogP contribution in [-0.4, -0.2) is 24.9 Å². The van der Waals surface area contributed by atoms with E-state index in [1.165, 1.54) is 0 Å². The summed E-state index contributed by atoms with van der Waals surface area (Å²) in [6.07, 6.45) is 5.81. The van der Waals surface area contributed by atoms with E-state index in [9.17, 15) is 0 Å². The van der Waals surface area contributed by atoms with Crippen LogP contribution in [0.2, 0.25) is 0 Å². The Hall–Kier alpha value is -2.58. The molecule has 0 bridgehead atoms. The lowest BCUT2D eigenvalue weighted by Crippen LogP contribution is -2.34. The van der Waals surface area contributed by atoms with Gasteiger partial charge in [0.1, 0.15) is 0 Å². The molecule has 1 saturated carbocycles. The summed E-state index contributed by atoms with van der Waals surface area (Å²) in [6, 6.07) is 6.29. The molecule has 0 atom stereocenters. The first kappa shape index (κ1) is 17.5. The highest BCUT2D eigenvalue weighted by Gasteiger charge is 2.36. The van der Waals surface area contributed by atoms with Crippen LogP contribution < -0.4 is 5.73 Å². The molecular weight excluding hydrogens is 372 g/mol. The summed E-state index contributed by atoms with van der Waals surface area (Å²) in [5.74, 6) is 1.07. The topological polar surface area (TPSA) is 95.7 Å². The SMILES string of the molecule is CC(C)n1ncc2c(-c3nc(C4(N)CCCC4)no3)cc(-c3cccs3)nc21. The molecule has 0 spiro atoms. The minimum atomic E-state index is -0.480. The molecule has 5 rings (SSSR count). The third kappa shape index (κ3) is 2.75. The molecule has 28 heavy (non-hydrogen) atoms. The van der Waals surface area contributed by atoms with Crippen molar-refractivity contribution in [2.24, 2.45) is 5.73 Å². The number of thiophene rings is 1. The maximum Gasteiger partial charge on any atom is 0.258 e. The molecule has 2 N–H and O–H groups in total. The van der Waals surface area contributed by atoms with Crippen LogP contribution in [0, 0.1) is 0 Å². The normalized spacial score (nSPS) is 16.4. The molecule has 144 valence electrons. The van der Waals surface area contributed by atoms with Crippen molar-refractivity contribution in [3.8, 4) is 22.0 Å². The summed E-state index contributed by atoms with van der Waals surface area (Å²) in [7, 11) is 0. The van der Waals surface area contributed by atoms with Crippen molar-refractivity contribution in [3.05, 3.63) is 35.6 Å². The number of hydrogen-bond acceptors (Lipinski definition) is 7. The number of pyridine rings is 1. The van der Waals surface area contributed by atoms with Crippen molar-refractivity contribution in [2.45, 2.75) is 51.1 Å². The van der Waals surface area contributed by atoms with E-state index in [0.717, 1.165) is 52.9 Å². The van der Waals surface area contributed by atoms with Gasteiger partial charge < -0.3 is 10.3 Å². The fraction of sp³-hybridized carbons (Fsp3) is 0.400. The quantitative estimate of drug-likeness (QED) is 0.547. The van der Waals surface area contributed by atoms with Gasteiger partial charge in [-0.1, -0.05) is 24.1 Å². The van der Waals surface area contributed by atoms with Crippen LogP contribution in [0.4, 0.5) is 0 Å². The van der Waals surface area contributed by atoms with Gasteiger partial charge in [-0.25, -0.2) is 9.67 Å². The Morgan fingerprint density at radius 3 is 2.79 bits per heavy atom. The highest BCUT2D eigenvalue weighted by Crippen LogP contribution is 2.37. The largest absolute Gasteiger partial charge is 0.334 e. The van der Waals surface area contributed by atoms with Crippen molar-refractivity contribution < 1.29 is 4.52 Å². The molecule has 0 radical (unpaired) electrons. The Kier molecular flexibility index (Phi) is 4.06. The van der Waals surface area contributed by atoms with Gasteiger partial charge in [0.15, 0.2) is 11.5 Å². The lowest BCUT2D eigenvalue weighted by molar-refractivity contribution is 0.373. The molecule has 8 heteroatoms. The van der Waals surface area contributed by atoms with Gasteiger partial charge in [-0.05, 0) is 44.2 Å². The van der Waals surface area contributed by atoms with Gasteiger partial charge in [-0.15, -0.1) is 11.3 Å². The second-order valence-electron chi connectivity index (χ2n) is 7.74. The summed E-state index contributed by atoms with van der Waals surface area (Å²) in [5, 5.41) is 11.7. The molecule has 0 aliphatic heterocycles. The summed E-state index contributed by atoms with van der Waals surface area (Å²) < 4.78 is 7.60. The van der Waals surface area contributed by atoms with Crippen molar-refractivity contribution in [2.75, 3.05) is 0 Å². The first-order chi connectivity index (χ1) is 13.5. The Morgan fingerprint density at radius 2 is 2.07 bits per heavy atom. The van der Waals surface area contributed by atoms with Crippen molar-refractivity contribution in [1.82, 2.24) is 24.9 Å². The van der Waals surface area contributed by atoms with Crippen LogP contribution in [0.25, 0.3) is 33.1 Å². The third-order valence-electron chi connectivity index (χ3n) is 5.43. The second-order valence-corrected chi connectivity index (χ2v) is 8.69. The van der Waals surface area contributed by atoms with Crippen LogP contribution in [0.15, 0.2) is 34.3 Å². The first-order valence-corrected chi connectivity index (χ1v) is 10.5. The predicted molar refractivity (Wildman–Crippen MR) is 109 cm³/mol. The fourth-order valence-corrected chi connectivity index (χ4v) is 4.57. The zero-order chi connectivity index (χ0) is 19.3. The molecule has 0 aromatic carbocycles. The van der Waals surface area contributed by atoms with E-state index in [1.54, 1.807) is 11.3 Å². The van der Waals surface area contributed by atoms with Gasteiger partial charge in [0.05, 0.1) is 33.3 Å². The molecule has 4 aromatic heterocycles. The number of hydrogen-bond donors (Lipinski definition) is 1. The molecule has 7 nitrogen and oxygen atoms in total. The van der Waals surface area contributed by atoms with Crippen LogP contribution in [-0.2, 0) is 5.54 Å². The monoisotopic (exact) mass is 394 g/mol. The van der Waals surface area contributed by atoms with Crippen LogP contribution in [0.1, 0.15) is 51.4 Å². The average Bonchev–Trinajstić information content (AvgIpc) is 3.46. The number of fused-ring (bicyclic) bond motifs is 1. The van der Waals surface area contributed by atoms with Crippen LogP contribution in [0.5, 0.6) is 0 Å². The molecule has 4 aromatic rings. The van der Waals surface area contributed by atoms with Gasteiger partial charge in [0.2, 0.25) is 0 Å². The molecule has 0 amide bonds. The van der Waals surface area contributed by atoms with Crippen LogP contribution in [0.3, 0.4) is 0 Å². The van der Waals surface area contributed by atoms with Gasteiger partial charge in [0.25, 0.3) is 5.89 Å². The van der Waals surface area contributed by atoms with Gasteiger partial charge in [-0.3, -0.25) is 0 Å². The highest BCUT2D eigenvalue weighted by molar-refractivity contribution is 7.13. The zero-order valence-electron chi connectivity index (χ0n) is 15.9. The standard InChI is InChI=1S/C20H22N6OS/c1-12(2)26-17-14(11-22-26)13(10-15(23-17)16-6-5-9-28-16)18-24-19(25-27-18)20(21)7-3-4-8-20/h5-6,9-12H,3-4,7-8,21H2,1-2H3. The van der Waals surface area contributed by atoms with E-state index in [-0.39, 0.29) is 6.04 Å². The molecule has 0 saturated heterocycles. The highest BCUT2D eigenvalue weighted by atomic mass is 32.1. The van der Waals surface area contributed by atoms with Gasteiger partial charge in [0, 0.05) is 6.04 Å². The molecule has 1 aliphatic carbocycles. The Labute approximate surface area is 166 Å². The molecular formula is C20H22N6OS. The van der Waals surface area contributed by atoms with E-state index in [0.29, 0.717) is 11.7 Å². The maximum absolute atomic E-state index is 6.52. The molecule has 4 heterocycles. The van der Waals surface area contributed by atoms with E-state index >= 15 is 0 Å². The van der Waals surface area contributed by atoms with E-state index < -0.39 is 5.54 Å². The predicted octanol–water partition coefficient (Wildman–Crippen LogP) is 4.52. The molecule has 0 unspecified atom stereocenters. The van der Waals surface area contributed by atoms with Crippen LogP contribution >= 0.6 is 11.3 Å². The maximum atomic E-state index is 6.52.